The van der Waals surface area contributed by atoms with Crippen molar-refractivity contribution in [3.8, 4) is 0 Å². The molecule has 0 radical (unpaired) electrons. The normalized spacial score (nSPS) is 13.2. The second kappa shape index (κ2) is 7.52. The van der Waals surface area contributed by atoms with Crippen molar-refractivity contribution in [1.82, 2.24) is 9.78 Å². The lowest BCUT2D eigenvalue weighted by molar-refractivity contribution is 0.365. The Morgan fingerprint density at radius 3 is 2.18 bits per heavy atom. The number of rotatable bonds is 8. The van der Waals surface area contributed by atoms with Crippen molar-refractivity contribution in [3.63, 3.8) is 0 Å². The van der Waals surface area contributed by atoms with Gasteiger partial charge in [0.15, 0.2) is 0 Å². The molecule has 0 aliphatic heterocycles. The van der Waals surface area contributed by atoms with E-state index in [0.717, 1.165) is 5.92 Å². The molecule has 0 N–H and O–H groups in total. The van der Waals surface area contributed by atoms with E-state index in [1.807, 2.05) is 17.9 Å². The van der Waals surface area contributed by atoms with Gasteiger partial charge in [-0.25, -0.2) is 0 Å². The van der Waals surface area contributed by atoms with Crippen LogP contribution in [-0.4, -0.2) is 9.78 Å². The number of aryl methyl sites for hydroxylation is 1. The first-order valence-electron chi connectivity index (χ1n) is 7.17. The van der Waals surface area contributed by atoms with E-state index in [1.54, 1.807) is 0 Å². The van der Waals surface area contributed by atoms with Crippen LogP contribution < -0.4 is 0 Å². The van der Waals surface area contributed by atoms with Gasteiger partial charge in [0.1, 0.15) is 0 Å². The van der Waals surface area contributed by atoms with Crippen molar-refractivity contribution in [2.24, 2.45) is 13.0 Å². The summed E-state index contributed by atoms with van der Waals surface area (Å²) in [6.45, 7) is 6.93. The Morgan fingerprint density at radius 1 is 1.18 bits per heavy atom. The molecular formula is C15H28N2. The molecule has 0 aliphatic rings. The van der Waals surface area contributed by atoms with Crippen molar-refractivity contribution >= 4 is 0 Å². The maximum Gasteiger partial charge on any atom is 0.0524 e. The van der Waals surface area contributed by atoms with E-state index in [1.165, 1.54) is 44.1 Å². The van der Waals surface area contributed by atoms with E-state index in [2.05, 4.69) is 32.1 Å². The summed E-state index contributed by atoms with van der Waals surface area (Å²) in [5.74, 6) is 1.49. The first-order chi connectivity index (χ1) is 8.19. The Bertz CT molecular complexity index is 296. The topological polar surface area (TPSA) is 17.8 Å². The maximum atomic E-state index is 4.30. The lowest BCUT2D eigenvalue weighted by Gasteiger charge is -2.23. The average molecular weight is 236 g/mol. The zero-order valence-corrected chi connectivity index (χ0v) is 11.9. The van der Waals surface area contributed by atoms with Gasteiger partial charge in [0.2, 0.25) is 0 Å². The van der Waals surface area contributed by atoms with Crippen molar-refractivity contribution < 1.29 is 0 Å². The molecular weight excluding hydrogens is 208 g/mol. The van der Waals surface area contributed by atoms with E-state index >= 15 is 0 Å². The molecule has 2 nitrogen and oxygen atoms in total. The predicted molar refractivity (Wildman–Crippen MR) is 74.2 cm³/mol. The van der Waals surface area contributed by atoms with Crippen LogP contribution in [-0.2, 0) is 7.05 Å². The third-order valence-electron chi connectivity index (χ3n) is 3.81. The smallest absolute Gasteiger partial charge is 0.0524 e. The van der Waals surface area contributed by atoms with Crippen LogP contribution in [0.1, 0.15) is 70.8 Å². The highest BCUT2D eigenvalue weighted by Gasteiger charge is 2.19. The maximum absolute atomic E-state index is 4.30. The van der Waals surface area contributed by atoms with E-state index in [0.29, 0.717) is 5.92 Å². The van der Waals surface area contributed by atoms with Crippen LogP contribution >= 0.6 is 0 Å². The molecule has 0 amide bonds. The van der Waals surface area contributed by atoms with Crippen molar-refractivity contribution in [1.29, 1.82) is 0 Å². The molecule has 0 aliphatic carbocycles. The van der Waals surface area contributed by atoms with Crippen LogP contribution in [0.15, 0.2) is 12.4 Å². The quantitative estimate of drug-likeness (QED) is 0.649. The summed E-state index contributed by atoms with van der Waals surface area (Å²) in [4.78, 5) is 0. The summed E-state index contributed by atoms with van der Waals surface area (Å²) in [5.41, 5.74) is 1.41. The molecule has 98 valence electrons. The zero-order valence-electron chi connectivity index (χ0n) is 11.9. The Morgan fingerprint density at radius 2 is 1.76 bits per heavy atom. The monoisotopic (exact) mass is 236 g/mol. The minimum atomic E-state index is 0.654. The fourth-order valence-corrected chi connectivity index (χ4v) is 2.52. The Labute approximate surface area is 106 Å². The molecule has 17 heavy (non-hydrogen) atoms. The number of hydrogen-bond acceptors (Lipinski definition) is 1. The molecule has 1 atom stereocenters. The molecule has 0 saturated carbocycles. The third-order valence-corrected chi connectivity index (χ3v) is 3.81. The number of hydrogen-bond donors (Lipinski definition) is 0. The fourth-order valence-electron chi connectivity index (χ4n) is 2.52. The van der Waals surface area contributed by atoms with E-state index in [9.17, 15) is 0 Å². The van der Waals surface area contributed by atoms with Gasteiger partial charge in [0.25, 0.3) is 0 Å². The summed E-state index contributed by atoms with van der Waals surface area (Å²) in [5, 5.41) is 4.30. The van der Waals surface area contributed by atoms with Gasteiger partial charge in [-0.1, -0.05) is 46.5 Å². The average Bonchev–Trinajstić information content (AvgIpc) is 2.75. The molecule has 2 heteroatoms. The molecule has 0 bridgehead atoms. The molecule has 1 rings (SSSR count). The van der Waals surface area contributed by atoms with Crippen LogP contribution in [0.4, 0.5) is 0 Å². The summed E-state index contributed by atoms with van der Waals surface area (Å²) >= 11 is 0. The van der Waals surface area contributed by atoms with Gasteiger partial charge in [-0.15, -0.1) is 0 Å². The van der Waals surface area contributed by atoms with E-state index in [4.69, 9.17) is 0 Å². The van der Waals surface area contributed by atoms with Gasteiger partial charge in [0, 0.05) is 13.2 Å². The van der Waals surface area contributed by atoms with Crippen LogP contribution in [0.3, 0.4) is 0 Å². The lowest BCUT2D eigenvalue weighted by atomic mass is 9.82. The van der Waals surface area contributed by atoms with Crippen LogP contribution in [0.25, 0.3) is 0 Å². The van der Waals surface area contributed by atoms with Crippen molar-refractivity contribution in [2.75, 3.05) is 0 Å². The summed E-state index contributed by atoms with van der Waals surface area (Å²) in [6.07, 6.45) is 12.3. The van der Waals surface area contributed by atoms with Crippen molar-refractivity contribution in [3.05, 3.63) is 18.0 Å². The standard InChI is InChI=1S/C15H28N2/c1-5-7-9-14(10-8-6-2)13(3)15-11-16-17(4)12-15/h11-14H,5-10H2,1-4H3. The minimum absolute atomic E-state index is 0.654. The number of nitrogens with zero attached hydrogens (tertiary/aromatic N) is 2. The second-order valence-electron chi connectivity index (χ2n) is 5.28. The van der Waals surface area contributed by atoms with Gasteiger partial charge in [-0.05, 0) is 30.2 Å². The molecule has 1 aromatic heterocycles. The van der Waals surface area contributed by atoms with Crippen LogP contribution in [0.5, 0.6) is 0 Å². The Hall–Kier alpha value is -0.790. The van der Waals surface area contributed by atoms with Crippen LogP contribution in [0.2, 0.25) is 0 Å². The first kappa shape index (κ1) is 14.3. The van der Waals surface area contributed by atoms with Crippen LogP contribution in [0, 0.1) is 5.92 Å². The highest BCUT2D eigenvalue weighted by atomic mass is 15.2. The largest absolute Gasteiger partial charge is 0.276 e. The highest BCUT2D eigenvalue weighted by Crippen LogP contribution is 2.31. The molecule has 0 fully saturated rings. The summed E-state index contributed by atoms with van der Waals surface area (Å²) < 4.78 is 1.92. The van der Waals surface area contributed by atoms with Gasteiger partial charge in [-0.2, -0.15) is 5.10 Å². The Kier molecular flexibility index (Phi) is 6.31. The molecule has 0 spiro atoms. The molecule has 0 aromatic carbocycles. The number of aromatic nitrogens is 2. The van der Waals surface area contributed by atoms with Gasteiger partial charge >= 0.3 is 0 Å². The molecule has 1 heterocycles. The number of unbranched alkanes of at least 4 members (excludes halogenated alkanes) is 2. The second-order valence-corrected chi connectivity index (χ2v) is 5.28. The zero-order chi connectivity index (χ0) is 12.7. The van der Waals surface area contributed by atoms with E-state index in [-0.39, 0.29) is 0 Å². The lowest BCUT2D eigenvalue weighted by Crippen LogP contribution is -2.10. The van der Waals surface area contributed by atoms with Gasteiger partial charge < -0.3 is 0 Å². The summed E-state index contributed by atoms with van der Waals surface area (Å²) in [6, 6.07) is 0. The third kappa shape index (κ3) is 4.53. The SMILES string of the molecule is CCCCC(CCCC)C(C)c1cnn(C)c1. The predicted octanol–water partition coefficient (Wildman–Crippen LogP) is 4.52. The van der Waals surface area contributed by atoms with E-state index < -0.39 is 0 Å². The van der Waals surface area contributed by atoms with Gasteiger partial charge in [0.05, 0.1) is 6.20 Å². The molecule has 1 aromatic rings. The first-order valence-corrected chi connectivity index (χ1v) is 7.17. The molecule has 0 saturated heterocycles. The van der Waals surface area contributed by atoms with Gasteiger partial charge in [-0.3, -0.25) is 4.68 Å². The molecule has 1 unspecified atom stereocenters. The minimum Gasteiger partial charge on any atom is -0.276 e. The summed E-state index contributed by atoms with van der Waals surface area (Å²) in [7, 11) is 2.00. The highest BCUT2D eigenvalue weighted by molar-refractivity contribution is 5.11. The Balaban J connectivity index is 2.60. The fraction of sp³-hybridized carbons (Fsp3) is 0.800. The van der Waals surface area contributed by atoms with Crippen molar-refractivity contribution in [2.45, 2.75) is 65.2 Å².